The molecule has 1 aromatic carbocycles. The molecular formula is C22H31F3N4O2S. The molecular weight excluding hydrogens is 441 g/mol. The summed E-state index contributed by atoms with van der Waals surface area (Å²) in [6.07, 6.45) is -4.00. The fourth-order valence-corrected chi connectivity index (χ4v) is 4.15. The van der Waals surface area contributed by atoms with Crippen LogP contribution >= 0.6 is 11.5 Å². The van der Waals surface area contributed by atoms with E-state index < -0.39 is 18.0 Å². The van der Waals surface area contributed by atoms with Gasteiger partial charge in [0.1, 0.15) is 0 Å². The van der Waals surface area contributed by atoms with E-state index in [2.05, 4.69) is 47.3 Å². The number of hydrogen-bond acceptors (Lipinski definition) is 6. The second-order valence-corrected chi connectivity index (χ2v) is 9.47. The molecule has 1 heterocycles. The molecule has 6 nitrogen and oxygen atoms in total. The van der Waals surface area contributed by atoms with Gasteiger partial charge in [0.15, 0.2) is 0 Å². The van der Waals surface area contributed by atoms with Gasteiger partial charge in [-0.05, 0) is 41.9 Å². The summed E-state index contributed by atoms with van der Waals surface area (Å²) in [6, 6.07) is 5.65. The van der Waals surface area contributed by atoms with E-state index in [9.17, 15) is 23.1 Å². The number of carbonyl (C=O) groups is 1. The predicted molar refractivity (Wildman–Crippen MR) is 122 cm³/mol. The van der Waals surface area contributed by atoms with Gasteiger partial charge in [0.25, 0.3) is 0 Å². The van der Waals surface area contributed by atoms with Crippen LogP contribution < -0.4 is 10.2 Å². The zero-order valence-corrected chi connectivity index (χ0v) is 19.8. The fourth-order valence-electron chi connectivity index (χ4n) is 3.55. The van der Waals surface area contributed by atoms with Gasteiger partial charge in [-0.2, -0.15) is 22.5 Å². The van der Waals surface area contributed by atoms with Gasteiger partial charge in [-0.25, -0.2) is 0 Å². The van der Waals surface area contributed by atoms with Crippen LogP contribution in [0.2, 0.25) is 0 Å². The Morgan fingerprint density at radius 1 is 1.19 bits per heavy atom. The molecule has 0 fully saturated rings. The molecule has 0 aliphatic heterocycles. The molecule has 0 amide bonds. The Kier molecular flexibility index (Phi) is 8.89. The topological polar surface area (TPSA) is 78.4 Å². The van der Waals surface area contributed by atoms with Gasteiger partial charge in [0, 0.05) is 24.6 Å². The standard InChI is InChI=1S/C22H31F3N4O2S/c1-6-15(10-19(30)31)16-7-8-18(29(11-13(2)3)12-14(4)5)17(9-16)26-21-27-20(28-32-21)22(23,24)25/h7-9,13-15H,6,10-12H2,1-5H3,(H,30,31)(H,26,27,28)/t15-/m1/s1. The molecule has 0 unspecified atom stereocenters. The van der Waals surface area contributed by atoms with E-state index in [-0.39, 0.29) is 17.5 Å². The maximum absolute atomic E-state index is 13.0. The minimum absolute atomic E-state index is 0.0198. The summed E-state index contributed by atoms with van der Waals surface area (Å²) in [5.74, 6) is -1.53. The summed E-state index contributed by atoms with van der Waals surface area (Å²) in [7, 11) is 0. The first-order valence-electron chi connectivity index (χ1n) is 10.7. The van der Waals surface area contributed by atoms with Crippen LogP contribution in [0, 0.1) is 11.8 Å². The molecule has 0 bridgehead atoms. The van der Waals surface area contributed by atoms with Gasteiger partial charge in [-0.1, -0.05) is 40.7 Å². The number of nitrogens with zero attached hydrogens (tertiary/aromatic N) is 3. The van der Waals surface area contributed by atoms with Crippen LogP contribution in [0.4, 0.5) is 29.7 Å². The number of halogens is 3. The van der Waals surface area contributed by atoms with E-state index in [1.165, 1.54) is 0 Å². The second-order valence-electron chi connectivity index (χ2n) is 8.72. The number of aliphatic carboxylic acids is 1. The molecule has 2 rings (SSSR count). The predicted octanol–water partition coefficient (Wildman–Crippen LogP) is 6.39. The number of carboxylic acids is 1. The third-order valence-corrected chi connectivity index (χ3v) is 5.47. The zero-order chi connectivity index (χ0) is 24.1. The summed E-state index contributed by atoms with van der Waals surface area (Å²) < 4.78 is 42.3. The Balaban J connectivity index is 2.51. The number of aromatic nitrogens is 2. The van der Waals surface area contributed by atoms with Gasteiger partial charge < -0.3 is 15.3 Å². The third kappa shape index (κ3) is 7.36. The van der Waals surface area contributed by atoms with Crippen LogP contribution in [-0.4, -0.2) is 33.5 Å². The fraction of sp³-hybridized carbons (Fsp3) is 0.591. The van der Waals surface area contributed by atoms with Gasteiger partial charge in [-0.3, -0.25) is 4.79 Å². The van der Waals surface area contributed by atoms with Gasteiger partial charge in [0.2, 0.25) is 11.0 Å². The smallest absolute Gasteiger partial charge is 0.452 e. The van der Waals surface area contributed by atoms with Crippen LogP contribution in [0.3, 0.4) is 0 Å². The SMILES string of the molecule is CC[C@H](CC(=O)O)c1ccc(N(CC(C)C)CC(C)C)c(Nc2nc(C(F)(F)F)ns2)c1. The molecule has 1 aromatic heterocycles. The number of hydrogen-bond donors (Lipinski definition) is 2. The Morgan fingerprint density at radius 3 is 2.28 bits per heavy atom. The van der Waals surface area contributed by atoms with E-state index in [1.54, 1.807) is 0 Å². The first kappa shape index (κ1) is 25.9. The molecule has 0 spiro atoms. The Hall–Kier alpha value is -2.36. The second kappa shape index (κ2) is 11.0. The average molecular weight is 473 g/mol. The lowest BCUT2D eigenvalue weighted by Gasteiger charge is -2.31. The molecule has 0 aliphatic rings. The van der Waals surface area contributed by atoms with Crippen molar-refractivity contribution in [1.82, 2.24) is 9.36 Å². The molecule has 0 saturated carbocycles. The van der Waals surface area contributed by atoms with Crippen molar-refractivity contribution in [2.75, 3.05) is 23.3 Å². The summed E-state index contributed by atoms with van der Waals surface area (Å²) >= 11 is 0.645. The Morgan fingerprint density at radius 2 is 1.81 bits per heavy atom. The third-order valence-electron chi connectivity index (χ3n) is 4.84. The molecule has 32 heavy (non-hydrogen) atoms. The molecule has 0 saturated heterocycles. The first-order chi connectivity index (χ1) is 14.9. The van der Waals surface area contributed by atoms with E-state index in [4.69, 9.17) is 0 Å². The molecule has 2 aromatic rings. The van der Waals surface area contributed by atoms with Crippen molar-refractivity contribution in [2.45, 2.75) is 59.6 Å². The maximum atomic E-state index is 13.0. The van der Waals surface area contributed by atoms with Gasteiger partial charge in [0.05, 0.1) is 17.8 Å². The largest absolute Gasteiger partial charge is 0.481 e. The highest BCUT2D eigenvalue weighted by molar-refractivity contribution is 7.09. The Labute approximate surface area is 191 Å². The van der Waals surface area contributed by atoms with Gasteiger partial charge in [-0.15, -0.1) is 0 Å². The van der Waals surface area contributed by atoms with Crippen LogP contribution in [0.5, 0.6) is 0 Å². The van der Waals surface area contributed by atoms with E-state index in [0.717, 1.165) is 24.3 Å². The molecule has 0 aliphatic carbocycles. The summed E-state index contributed by atoms with van der Waals surface area (Å²) in [5.41, 5.74) is 2.25. The highest BCUT2D eigenvalue weighted by atomic mass is 32.1. The maximum Gasteiger partial charge on any atom is 0.452 e. The van der Waals surface area contributed by atoms with E-state index in [0.29, 0.717) is 35.5 Å². The highest BCUT2D eigenvalue weighted by Crippen LogP contribution is 2.36. The molecule has 2 N–H and O–H groups in total. The first-order valence-corrected chi connectivity index (χ1v) is 11.5. The minimum Gasteiger partial charge on any atom is -0.481 e. The van der Waals surface area contributed by atoms with E-state index in [1.807, 2.05) is 25.1 Å². The molecule has 0 radical (unpaired) electrons. The molecule has 178 valence electrons. The van der Waals surface area contributed by atoms with Gasteiger partial charge >= 0.3 is 12.1 Å². The molecule has 1 atom stereocenters. The minimum atomic E-state index is -4.61. The Bertz CT molecular complexity index is 890. The van der Waals surface area contributed by atoms with Crippen molar-refractivity contribution in [3.8, 4) is 0 Å². The van der Waals surface area contributed by atoms with Crippen molar-refractivity contribution in [3.05, 3.63) is 29.6 Å². The lowest BCUT2D eigenvalue weighted by molar-refractivity contribution is -0.144. The monoisotopic (exact) mass is 472 g/mol. The summed E-state index contributed by atoms with van der Waals surface area (Å²) in [4.78, 5) is 17.1. The lowest BCUT2D eigenvalue weighted by atomic mass is 9.92. The van der Waals surface area contributed by atoms with Crippen molar-refractivity contribution in [3.63, 3.8) is 0 Å². The van der Waals surface area contributed by atoms with Crippen LogP contribution in [0.25, 0.3) is 0 Å². The number of anilines is 3. The number of alkyl halides is 3. The number of carboxylic acid groups (broad SMARTS) is 1. The summed E-state index contributed by atoms with van der Waals surface area (Å²) in [5, 5.41) is 12.3. The van der Waals surface area contributed by atoms with Crippen LogP contribution in [0.1, 0.15) is 64.8 Å². The zero-order valence-electron chi connectivity index (χ0n) is 19.0. The lowest BCUT2D eigenvalue weighted by Crippen LogP contribution is -2.31. The average Bonchev–Trinajstić information content (AvgIpc) is 3.13. The van der Waals surface area contributed by atoms with Crippen molar-refractivity contribution < 1.29 is 23.1 Å². The van der Waals surface area contributed by atoms with Crippen molar-refractivity contribution >= 4 is 34.0 Å². The van der Waals surface area contributed by atoms with Crippen molar-refractivity contribution in [1.29, 1.82) is 0 Å². The molecule has 10 heteroatoms. The summed E-state index contributed by atoms with van der Waals surface area (Å²) in [6.45, 7) is 11.9. The number of benzene rings is 1. The van der Waals surface area contributed by atoms with Crippen LogP contribution in [-0.2, 0) is 11.0 Å². The number of nitrogens with one attached hydrogen (secondary N) is 1. The quantitative estimate of drug-likeness (QED) is 0.395. The van der Waals surface area contributed by atoms with Crippen LogP contribution in [0.15, 0.2) is 18.2 Å². The van der Waals surface area contributed by atoms with E-state index >= 15 is 0 Å². The normalized spacial score (nSPS) is 12.9. The van der Waals surface area contributed by atoms with Crippen molar-refractivity contribution in [2.24, 2.45) is 11.8 Å². The number of rotatable bonds is 11. The highest BCUT2D eigenvalue weighted by Gasteiger charge is 2.36.